The largest absolute Gasteiger partial charge is 0.332 e. The van der Waals surface area contributed by atoms with E-state index in [0.29, 0.717) is 5.92 Å². The summed E-state index contributed by atoms with van der Waals surface area (Å²) in [6, 6.07) is 0. The van der Waals surface area contributed by atoms with E-state index in [1.807, 2.05) is 0 Å². The van der Waals surface area contributed by atoms with E-state index in [1.165, 1.54) is 36.5 Å². The fraction of sp³-hybridized carbons (Fsp3) is 0.750. The minimum atomic E-state index is 0.547. The van der Waals surface area contributed by atoms with Crippen molar-refractivity contribution in [2.75, 3.05) is 6.54 Å². The average molecular weight is 207 g/mol. The SMILES string of the molecule is Cc1nc(CC(C)CN)c2n1CCCC2. The van der Waals surface area contributed by atoms with E-state index in [1.54, 1.807) is 0 Å². The van der Waals surface area contributed by atoms with Gasteiger partial charge >= 0.3 is 0 Å². The number of hydrogen-bond donors (Lipinski definition) is 1. The molecule has 2 heterocycles. The number of fused-ring (bicyclic) bond motifs is 1. The van der Waals surface area contributed by atoms with E-state index >= 15 is 0 Å². The summed E-state index contributed by atoms with van der Waals surface area (Å²) < 4.78 is 2.39. The number of aryl methyl sites for hydroxylation is 1. The minimum absolute atomic E-state index is 0.547. The Morgan fingerprint density at radius 3 is 3.00 bits per heavy atom. The van der Waals surface area contributed by atoms with Gasteiger partial charge in [0.2, 0.25) is 0 Å². The average Bonchev–Trinajstić information content (AvgIpc) is 2.57. The van der Waals surface area contributed by atoms with Crippen LogP contribution in [-0.4, -0.2) is 16.1 Å². The fourth-order valence-corrected chi connectivity index (χ4v) is 2.39. The maximum absolute atomic E-state index is 5.67. The summed E-state index contributed by atoms with van der Waals surface area (Å²) in [5.74, 6) is 1.73. The first-order chi connectivity index (χ1) is 7.22. The van der Waals surface area contributed by atoms with Gasteiger partial charge in [-0.3, -0.25) is 0 Å². The van der Waals surface area contributed by atoms with Gasteiger partial charge in [0.05, 0.1) is 5.69 Å². The van der Waals surface area contributed by atoms with Crippen LogP contribution in [-0.2, 0) is 19.4 Å². The van der Waals surface area contributed by atoms with Crippen LogP contribution in [0.25, 0.3) is 0 Å². The number of rotatable bonds is 3. The molecule has 2 rings (SSSR count). The highest BCUT2D eigenvalue weighted by atomic mass is 15.1. The van der Waals surface area contributed by atoms with Gasteiger partial charge in [-0.05, 0) is 45.1 Å². The van der Waals surface area contributed by atoms with Crippen LogP contribution in [0.5, 0.6) is 0 Å². The Bertz CT molecular complexity index is 341. The number of nitrogens with two attached hydrogens (primary N) is 1. The molecule has 84 valence electrons. The van der Waals surface area contributed by atoms with Crippen LogP contribution in [0, 0.1) is 12.8 Å². The highest BCUT2D eigenvalue weighted by Gasteiger charge is 2.18. The number of imidazole rings is 1. The highest BCUT2D eigenvalue weighted by Crippen LogP contribution is 2.22. The summed E-state index contributed by atoms with van der Waals surface area (Å²) in [6.07, 6.45) is 4.86. The van der Waals surface area contributed by atoms with Crippen molar-refractivity contribution in [2.24, 2.45) is 11.7 Å². The van der Waals surface area contributed by atoms with Crippen molar-refractivity contribution in [1.29, 1.82) is 0 Å². The molecule has 0 fully saturated rings. The van der Waals surface area contributed by atoms with Gasteiger partial charge in [-0.15, -0.1) is 0 Å². The van der Waals surface area contributed by atoms with Crippen molar-refractivity contribution in [3.05, 3.63) is 17.2 Å². The molecule has 1 aliphatic rings. The predicted octanol–water partition coefficient (Wildman–Crippen LogP) is 1.67. The molecule has 1 atom stereocenters. The number of hydrogen-bond acceptors (Lipinski definition) is 2. The van der Waals surface area contributed by atoms with E-state index in [0.717, 1.165) is 19.5 Å². The second-order valence-electron chi connectivity index (χ2n) is 4.71. The van der Waals surface area contributed by atoms with Gasteiger partial charge in [-0.25, -0.2) is 4.98 Å². The van der Waals surface area contributed by atoms with Crippen molar-refractivity contribution in [3.8, 4) is 0 Å². The third kappa shape index (κ3) is 2.07. The molecule has 0 aromatic carbocycles. The summed E-state index contributed by atoms with van der Waals surface area (Å²) >= 11 is 0. The maximum atomic E-state index is 5.67. The molecular formula is C12H21N3. The summed E-state index contributed by atoms with van der Waals surface area (Å²) in [4.78, 5) is 4.69. The van der Waals surface area contributed by atoms with Crippen molar-refractivity contribution in [1.82, 2.24) is 9.55 Å². The van der Waals surface area contributed by atoms with Crippen LogP contribution in [0.1, 0.15) is 37.0 Å². The Morgan fingerprint density at radius 1 is 1.47 bits per heavy atom. The zero-order valence-corrected chi connectivity index (χ0v) is 9.79. The molecule has 0 saturated heterocycles. The summed E-state index contributed by atoms with van der Waals surface area (Å²) in [5.41, 5.74) is 8.44. The minimum Gasteiger partial charge on any atom is -0.332 e. The topological polar surface area (TPSA) is 43.8 Å². The van der Waals surface area contributed by atoms with Gasteiger partial charge in [-0.2, -0.15) is 0 Å². The second-order valence-corrected chi connectivity index (χ2v) is 4.71. The summed E-state index contributed by atoms with van der Waals surface area (Å²) in [6.45, 7) is 6.23. The Balaban J connectivity index is 2.24. The maximum Gasteiger partial charge on any atom is 0.106 e. The molecular weight excluding hydrogens is 186 g/mol. The van der Waals surface area contributed by atoms with E-state index in [4.69, 9.17) is 5.73 Å². The zero-order valence-electron chi connectivity index (χ0n) is 9.79. The molecule has 1 aromatic heterocycles. The zero-order chi connectivity index (χ0) is 10.8. The lowest BCUT2D eigenvalue weighted by molar-refractivity contribution is 0.514. The smallest absolute Gasteiger partial charge is 0.106 e. The standard InChI is InChI=1S/C12H21N3/c1-9(8-13)7-11-12-5-3-4-6-15(12)10(2)14-11/h9H,3-8,13H2,1-2H3. The molecule has 3 nitrogen and oxygen atoms in total. The van der Waals surface area contributed by atoms with Crippen LogP contribution in [0.3, 0.4) is 0 Å². The molecule has 1 aromatic rings. The molecule has 3 heteroatoms. The third-order valence-corrected chi connectivity index (χ3v) is 3.34. The predicted molar refractivity (Wildman–Crippen MR) is 61.8 cm³/mol. The van der Waals surface area contributed by atoms with Crippen molar-refractivity contribution < 1.29 is 0 Å². The van der Waals surface area contributed by atoms with Crippen LogP contribution >= 0.6 is 0 Å². The molecule has 2 N–H and O–H groups in total. The van der Waals surface area contributed by atoms with Crippen LogP contribution in [0.15, 0.2) is 0 Å². The van der Waals surface area contributed by atoms with E-state index in [2.05, 4.69) is 23.4 Å². The molecule has 0 saturated carbocycles. The second kappa shape index (κ2) is 4.35. The molecule has 0 radical (unpaired) electrons. The Kier molecular flexibility index (Phi) is 3.10. The molecule has 0 aliphatic carbocycles. The van der Waals surface area contributed by atoms with Gasteiger partial charge in [0.1, 0.15) is 5.82 Å². The number of nitrogens with zero attached hydrogens (tertiary/aromatic N) is 2. The summed E-state index contributed by atoms with van der Waals surface area (Å²) in [5, 5.41) is 0. The summed E-state index contributed by atoms with van der Waals surface area (Å²) in [7, 11) is 0. The first-order valence-corrected chi connectivity index (χ1v) is 5.97. The van der Waals surface area contributed by atoms with Gasteiger partial charge in [0, 0.05) is 12.2 Å². The van der Waals surface area contributed by atoms with Crippen LogP contribution < -0.4 is 5.73 Å². The van der Waals surface area contributed by atoms with E-state index in [9.17, 15) is 0 Å². The molecule has 0 bridgehead atoms. The first-order valence-electron chi connectivity index (χ1n) is 5.97. The molecule has 15 heavy (non-hydrogen) atoms. The van der Waals surface area contributed by atoms with Crippen molar-refractivity contribution >= 4 is 0 Å². The molecule has 0 spiro atoms. The monoisotopic (exact) mass is 207 g/mol. The lowest BCUT2D eigenvalue weighted by Gasteiger charge is -2.17. The Hall–Kier alpha value is -0.830. The highest BCUT2D eigenvalue weighted by molar-refractivity contribution is 5.19. The lowest BCUT2D eigenvalue weighted by Crippen LogP contribution is -2.16. The Morgan fingerprint density at radius 2 is 2.27 bits per heavy atom. The van der Waals surface area contributed by atoms with Gasteiger partial charge in [0.15, 0.2) is 0 Å². The van der Waals surface area contributed by atoms with Crippen LogP contribution in [0.2, 0.25) is 0 Å². The normalized spacial score (nSPS) is 17.5. The molecule has 0 amide bonds. The van der Waals surface area contributed by atoms with Gasteiger partial charge in [-0.1, -0.05) is 6.92 Å². The van der Waals surface area contributed by atoms with Crippen molar-refractivity contribution in [2.45, 2.75) is 46.1 Å². The quantitative estimate of drug-likeness (QED) is 0.819. The van der Waals surface area contributed by atoms with Gasteiger partial charge < -0.3 is 10.3 Å². The number of aromatic nitrogens is 2. The fourth-order valence-electron chi connectivity index (χ4n) is 2.39. The first kappa shape index (κ1) is 10.7. The van der Waals surface area contributed by atoms with Gasteiger partial charge in [0.25, 0.3) is 0 Å². The molecule has 1 unspecified atom stereocenters. The third-order valence-electron chi connectivity index (χ3n) is 3.34. The Labute approximate surface area is 91.7 Å². The van der Waals surface area contributed by atoms with Crippen molar-refractivity contribution in [3.63, 3.8) is 0 Å². The van der Waals surface area contributed by atoms with E-state index < -0.39 is 0 Å². The lowest BCUT2D eigenvalue weighted by atomic mass is 10.0. The van der Waals surface area contributed by atoms with E-state index in [-0.39, 0.29) is 0 Å². The van der Waals surface area contributed by atoms with Crippen LogP contribution in [0.4, 0.5) is 0 Å². The molecule has 1 aliphatic heterocycles.